The van der Waals surface area contributed by atoms with Gasteiger partial charge < -0.3 is 23.9 Å². The van der Waals surface area contributed by atoms with E-state index in [1.165, 1.54) is 28.2 Å². The van der Waals surface area contributed by atoms with Crippen LogP contribution in [0.5, 0.6) is 23.0 Å². The summed E-state index contributed by atoms with van der Waals surface area (Å²) in [4.78, 5) is 75.2. The van der Waals surface area contributed by atoms with Gasteiger partial charge in [0.2, 0.25) is 0 Å². The molecule has 0 bridgehead atoms. The minimum Gasteiger partial charge on any atom is -0.504 e. The standard InChI is InChI=1S/C39H43N5O9/c1-9-53-28-12-10-11-23(32(28)45)31-22-13-16-43-36(49)42(15-14-24-35(48)41(6)26-18-30(52-8)29(51-7)17-25(26)40-24)37(50)44(43)27(22)19-38(4)33(46)20(2)21(3)34(47)39(31,38)5/h10-13,17-18,27,31,45H,9,14-16,19H2,1-8H3/t27-,31-,38+,39-/m1/s1. The van der Waals surface area contributed by atoms with Crippen LogP contribution in [-0.4, -0.2) is 61.0 Å². The summed E-state index contributed by atoms with van der Waals surface area (Å²) in [7, 11) is 4.61. The van der Waals surface area contributed by atoms with Crippen LogP contribution in [0.2, 0.25) is 0 Å². The lowest BCUT2D eigenvalue weighted by Gasteiger charge is -2.58. The summed E-state index contributed by atoms with van der Waals surface area (Å²) in [6, 6.07) is 7.60. The summed E-state index contributed by atoms with van der Waals surface area (Å²) in [5.41, 5.74) is -1.35. The molecule has 1 saturated carbocycles. The summed E-state index contributed by atoms with van der Waals surface area (Å²) in [6.45, 7) is 8.78. The molecule has 278 valence electrons. The molecule has 2 aromatic carbocycles. The molecule has 3 heterocycles. The zero-order chi connectivity index (χ0) is 38.3. The Kier molecular flexibility index (Phi) is 8.42. The topological polar surface area (TPSA) is 166 Å². The number of carbonyl (C=O) groups is 2. The van der Waals surface area contributed by atoms with Crippen molar-refractivity contribution in [2.24, 2.45) is 17.9 Å². The minimum absolute atomic E-state index is 0.00964. The van der Waals surface area contributed by atoms with Crippen LogP contribution < -0.4 is 31.1 Å². The van der Waals surface area contributed by atoms with Gasteiger partial charge in [0, 0.05) is 49.0 Å². The van der Waals surface area contributed by atoms with Crippen LogP contribution >= 0.6 is 0 Å². The highest BCUT2D eigenvalue weighted by Gasteiger charge is 2.67. The molecule has 1 fully saturated rings. The lowest BCUT2D eigenvalue weighted by Crippen LogP contribution is -2.61. The summed E-state index contributed by atoms with van der Waals surface area (Å²) < 4.78 is 21.8. The number of rotatable bonds is 8. The first-order chi connectivity index (χ1) is 25.2. The second kappa shape index (κ2) is 12.5. The van der Waals surface area contributed by atoms with Crippen LogP contribution in [0.4, 0.5) is 0 Å². The van der Waals surface area contributed by atoms with Crippen molar-refractivity contribution in [1.82, 2.24) is 23.5 Å². The normalized spacial score (nSPS) is 23.7. The number of allylic oxidation sites excluding steroid dienone is 4. The lowest BCUT2D eigenvalue weighted by atomic mass is 9.43. The summed E-state index contributed by atoms with van der Waals surface area (Å²) in [5, 5.41) is 11.6. The molecule has 4 atom stereocenters. The van der Waals surface area contributed by atoms with E-state index in [0.717, 1.165) is 4.57 Å². The molecule has 0 radical (unpaired) electrons. The molecule has 1 aliphatic heterocycles. The Morgan fingerprint density at radius 2 is 1.62 bits per heavy atom. The van der Waals surface area contributed by atoms with Gasteiger partial charge in [0.05, 0.1) is 49.9 Å². The Morgan fingerprint density at radius 3 is 2.30 bits per heavy atom. The third-order valence-electron chi connectivity index (χ3n) is 12.1. The number of ketones is 2. The van der Waals surface area contributed by atoms with Gasteiger partial charge in [-0.2, -0.15) is 0 Å². The fourth-order valence-electron chi connectivity index (χ4n) is 8.91. The van der Waals surface area contributed by atoms with Crippen molar-refractivity contribution >= 4 is 22.6 Å². The van der Waals surface area contributed by atoms with Crippen LogP contribution in [0.1, 0.15) is 64.3 Å². The number of benzene rings is 2. The van der Waals surface area contributed by atoms with E-state index in [4.69, 9.17) is 14.2 Å². The number of nitrogens with zero attached hydrogens (tertiary/aromatic N) is 5. The predicted molar refractivity (Wildman–Crippen MR) is 195 cm³/mol. The van der Waals surface area contributed by atoms with E-state index in [-0.39, 0.29) is 60.2 Å². The molecule has 0 amide bonds. The molecule has 4 aromatic rings. The number of phenols is 1. The Bertz CT molecular complexity index is 2500. The zero-order valence-electron chi connectivity index (χ0n) is 31.1. The molecule has 1 N–H and O–H groups in total. The van der Waals surface area contributed by atoms with E-state index in [1.54, 1.807) is 72.0 Å². The van der Waals surface area contributed by atoms with Gasteiger partial charge in [-0.25, -0.2) is 28.5 Å². The first-order valence-corrected chi connectivity index (χ1v) is 17.6. The highest BCUT2D eigenvalue weighted by molar-refractivity contribution is 6.17. The number of para-hydroxylation sites is 1. The number of hydrogen-bond donors (Lipinski definition) is 1. The molecule has 0 spiro atoms. The fraction of sp³-hybridized carbons (Fsp3) is 0.436. The maximum Gasteiger partial charge on any atom is 0.347 e. The van der Waals surface area contributed by atoms with Crippen molar-refractivity contribution in [3.63, 3.8) is 0 Å². The summed E-state index contributed by atoms with van der Waals surface area (Å²) >= 11 is 0. The number of aryl methyl sites for hydroxylation is 2. The number of ether oxygens (including phenoxy) is 3. The van der Waals surface area contributed by atoms with Gasteiger partial charge in [0.1, 0.15) is 5.69 Å². The van der Waals surface area contributed by atoms with E-state index < -0.39 is 34.2 Å². The fourth-order valence-corrected chi connectivity index (χ4v) is 8.91. The number of carbonyl (C=O) groups excluding carboxylic acids is 2. The molecule has 14 nitrogen and oxygen atoms in total. The monoisotopic (exact) mass is 725 g/mol. The molecule has 7 rings (SSSR count). The SMILES string of the molecule is CCOc1cccc([C@H]2C3=CCn4c(=O)n(CCc5nc6cc(OC)c(OC)cc6n(C)c5=O)c(=O)n4[C@@H]3C[C@@]3(C)C(=O)C(C)=C(C)C(=O)[C@@]23C)c1O. The van der Waals surface area contributed by atoms with Gasteiger partial charge in [-0.05, 0) is 50.0 Å². The molecule has 0 unspecified atom stereocenters. The molecule has 2 aliphatic carbocycles. The van der Waals surface area contributed by atoms with Crippen molar-refractivity contribution in [2.75, 3.05) is 20.8 Å². The molecular weight excluding hydrogens is 682 g/mol. The molecule has 53 heavy (non-hydrogen) atoms. The first-order valence-electron chi connectivity index (χ1n) is 17.6. The maximum atomic E-state index is 14.5. The summed E-state index contributed by atoms with van der Waals surface area (Å²) in [5.74, 6) is -0.320. The van der Waals surface area contributed by atoms with Crippen molar-refractivity contribution in [2.45, 2.75) is 72.5 Å². The number of aromatic nitrogens is 5. The van der Waals surface area contributed by atoms with Crippen molar-refractivity contribution in [3.8, 4) is 23.0 Å². The third kappa shape index (κ3) is 4.83. The van der Waals surface area contributed by atoms with E-state index in [9.17, 15) is 29.1 Å². The molecule has 0 saturated heterocycles. The van der Waals surface area contributed by atoms with E-state index in [0.29, 0.717) is 51.4 Å². The highest BCUT2D eigenvalue weighted by atomic mass is 16.5. The lowest BCUT2D eigenvalue weighted by molar-refractivity contribution is -0.151. The number of aromatic hydroxyl groups is 1. The zero-order valence-corrected chi connectivity index (χ0v) is 31.1. The van der Waals surface area contributed by atoms with Crippen molar-refractivity contribution in [1.29, 1.82) is 0 Å². The number of hydrogen-bond acceptors (Lipinski definition) is 10. The number of Topliss-reactive ketones (excluding diaryl/α,β-unsaturated/α-hetero) is 2. The third-order valence-corrected chi connectivity index (χ3v) is 12.1. The largest absolute Gasteiger partial charge is 0.504 e. The molecular formula is C39H43N5O9. The van der Waals surface area contributed by atoms with Crippen molar-refractivity contribution in [3.05, 3.63) is 95.7 Å². The Labute approximate surface area is 304 Å². The van der Waals surface area contributed by atoms with E-state index in [2.05, 4.69) is 4.98 Å². The van der Waals surface area contributed by atoms with Gasteiger partial charge in [0.25, 0.3) is 5.56 Å². The van der Waals surface area contributed by atoms with Gasteiger partial charge in [-0.15, -0.1) is 0 Å². The Balaban J connectivity index is 1.35. The van der Waals surface area contributed by atoms with Crippen LogP contribution in [-0.2, 0) is 36.1 Å². The quantitative estimate of drug-likeness (QED) is 0.266. The van der Waals surface area contributed by atoms with Crippen LogP contribution in [0.15, 0.2) is 67.5 Å². The number of fused-ring (bicyclic) bond motifs is 5. The molecule has 14 heteroatoms. The first kappa shape index (κ1) is 35.7. The smallest absolute Gasteiger partial charge is 0.347 e. The number of phenolic OH excluding ortho intramolecular Hbond substituents is 1. The van der Waals surface area contributed by atoms with Crippen molar-refractivity contribution < 1.29 is 28.9 Å². The Hall–Kier alpha value is -5.66. The number of methoxy groups -OCH3 is 2. The highest BCUT2D eigenvalue weighted by Crippen LogP contribution is 2.67. The molecule has 3 aliphatic rings. The van der Waals surface area contributed by atoms with E-state index >= 15 is 0 Å². The minimum atomic E-state index is -1.35. The van der Waals surface area contributed by atoms with Crippen LogP contribution in [0.3, 0.4) is 0 Å². The van der Waals surface area contributed by atoms with Gasteiger partial charge >= 0.3 is 11.4 Å². The average molecular weight is 726 g/mol. The van der Waals surface area contributed by atoms with Gasteiger partial charge in [-0.1, -0.05) is 32.1 Å². The van der Waals surface area contributed by atoms with Gasteiger partial charge in [-0.3, -0.25) is 14.4 Å². The maximum absolute atomic E-state index is 14.5. The van der Waals surface area contributed by atoms with E-state index in [1.807, 2.05) is 6.08 Å². The van der Waals surface area contributed by atoms with Crippen LogP contribution in [0, 0.1) is 10.8 Å². The van der Waals surface area contributed by atoms with Crippen LogP contribution in [0.25, 0.3) is 11.0 Å². The molecule has 2 aromatic heterocycles. The Morgan fingerprint density at radius 1 is 0.943 bits per heavy atom. The second-order valence-corrected chi connectivity index (χ2v) is 14.4. The summed E-state index contributed by atoms with van der Waals surface area (Å²) in [6.07, 6.45) is 1.88. The predicted octanol–water partition coefficient (Wildman–Crippen LogP) is 3.59. The second-order valence-electron chi connectivity index (χ2n) is 14.4. The average Bonchev–Trinajstić information content (AvgIpc) is 3.39. The van der Waals surface area contributed by atoms with Gasteiger partial charge in [0.15, 0.2) is 34.6 Å².